The smallest absolute Gasteiger partial charge is 0.342 e. The summed E-state index contributed by atoms with van der Waals surface area (Å²) in [7, 11) is 0. The number of hydrogen-bond donors (Lipinski definition) is 3. The molecule has 3 N–H and O–H groups in total. The molecule has 27 heteroatoms. The lowest BCUT2D eigenvalue weighted by Crippen LogP contribution is -2.45. The second kappa shape index (κ2) is 25.4. The second-order valence-electron chi connectivity index (χ2n) is 29.2. The summed E-state index contributed by atoms with van der Waals surface area (Å²) in [5.74, 6) is -2.73. The van der Waals surface area contributed by atoms with Gasteiger partial charge in [0.05, 0.1) is 6.07 Å². The van der Waals surface area contributed by atoms with E-state index in [4.69, 9.17) is 5.26 Å². The van der Waals surface area contributed by atoms with Crippen molar-refractivity contribution in [3.8, 4) is 6.07 Å². The monoisotopic (exact) mass is 1310 g/mol. The number of nitrogens with one attached hydrogen (secondary N) is 3. The van der Waals surface area contributed by atoms with Gasteiger partial charge in [0, 0.05) is 98.3 Å². The normalized spacial score (nSPS) is 23.6. The zero-order chi connectivity index (χ0) is 66.0. The minimum Gasteiger partial charge on any atom is -0.342 e. The number of carbonyl (C=O) groups is 6. The van der Waals surface area contributed by atoms with Crippen LogP contribution in [0.1, 0.15) is 195 Å². The summed E-state index contributed by atoms with van der Waals surface area (Å²) in [5, 5.41) is 30.9. The van der Waals surface area contributed by atoms with Crippen LogP contribution in [0.25, 0.3) is 16.9 Å². The molecule has 95 heavy (non-hydrogen) atoms. The zero-order valence-corrected chi connectivity index (χ0v) is 53.3. The molecular weight excluding hydrogens is 1230 g/mol. The van der Waals surface area contributed by atoms with E-state index in [1.165, 1.54) is 4.90 Å². The molecule has 9 heterocycles. The van der Waals surface area contributed by atoms with Crippen LogP contribution in [0.2, 0.25) is 0 Å². The van der Waals surface area contributed by atoms with Crippen LogP contribution in [-0.4, -0.2) is 145 Å². The number of hydrogen-bond acceptors (Lipinski definition) is 13. The van der Waals surface area contributed by atoms with Crippen molar-refractivity contribution in [3.63, 3.8) is 0 Å². The molecule has 0 bridgehead atoms. The molecule has 6 amide bonds. The maximum Gasteiger partial charge on any atom is 0.397 e. The van der Waals surface area contributed by atoms with Crippen LogP contribution in [-0.2, 0) is 28.8 Å². The molecule has 7 aliphatic carbocycles. The predicted octanol–water partition coefficient (Wildman–Crippen LogP) is 10.8. The van der Waals surface area contributed by atoms with Crippen LogP contribution >= 0.6 is 0 Å². The molecule has 6 aromatic heterocycles. The zero-order valence-electron chi connectivity index (χ0n) is 53.3. The number of pyridine rings is 3. The van der Waals surface area contributed by atoms with Gasteiger partial charge in [0.1, 0.15) is 18.8 Å². The molecule has 1 unspecified atom stereocenters. The number of alkyl halides is 5. The Labute approximate surface area is 545 Å². The largest absolute Gasteiger partial charge is 0.397 e. The van der Waals surface area contributed by atoms with Crippen LogP contribution in [0.5, 0.6) is 0 Å². The van der Waals surface area contributed by atoms with Gasteiger partial charge in [0.25, 0.3) is 5.92 Å². The maximum atomic E-state index is 13.3. The van der Waals surface area contributed by atoms with Crippen LogP contribution in [0.4, 0.5) is 39.8 Å². The summed E-state index contributed by atoms with van der Waals surface area (Å²) in [6, 6.07) is 19.8. The van der Waals surface area contributed by atoms with Gasteiger partial charge in [-0.25, -0.2) is 22.3 Å². The third-order valence-electron chi connectivity index (χ3n) is 22.5. The number of nitrogens with zero attached hydrogens (tertiary/aromatic N) is 13. The Kier molecular flexibility index (Phi) is 17.2. The quantitative estimate of drug-likeness (QED) is 0.0964. The number of piperidine rings is 1. The molecule has 10 fully saturated rings. The summed E-state index contributed by atoms with van der Waals surface area (Å²) in [4.78, 5) is 90.9. The first-order valence-corrected chi connectivity index (χ1v) is 34.3. The Hall–Kier alpha value is -8.18. The first kappa shape index (κ1) is 64.2. The van der Waals surface area contributed by atoms with Crippen molar-refractivity contribution in [3.05, 3.63) is 71.7 Å². The Bertz CT molecular complexity index is 3960. The van der Waals surface area contributed by atoms with Crippen molar-refractivity contribution in [2.75, 3.05) is 55.2 Å². The highest BCUT2D eigenvalue weighted by molar-refractivity contribution is 5.94. The fraction of sp³-hybridized carbons (Fsp3) is 0.632. The molecule has 3 aliphatic heterocycles. The third-order valence-corrected chi connectivity index (χ3v) is 22.5. The summed E-state index contributed by atoms with van der Waals surface area (Å²) in [5.41, 5.74) is 5.82. The van der Waals surface area contributed by atoms with Gasteiger partial charge in [0.2, 0.25) is 53.3 Å². The molecule has 16 rings (SSSR count). The topological polar surface area (TPSA) is 263 Å². The molecule has 504 valence electrons. The van der Waals surface area contributed by atoms with Gasteiger partial charge in [-0.15, -0.1) is 15.3 Å². The van der Waals surface area contributed by atoms with Gasteiger partial charge in [0.15, 0.2) is 16.9 Å². The van der Waals surface area contributed by atoms with Crippen molar-refractivity contribution in [2.24, 2.45) is 39.9 Å². The Morgan fingerprint density at radius 3 is 1.19 bits per heavy atom. The molecule has 0 aromatic carbocycles. The van der Waals surface area contributed by atoms with Crippen molar-refractivity contribution < 1.29 is 50.7 Å². The van der Waals surface area contributed by atoms with E-state index in [-0.39, 0.29) is 76.4 Å². The number of fused-ring (bicyclic) bond motifs is 3. The predicted molar refractivity (Wildman–Crippen MR) is 336 cm³/mol. The lowest BCUT2D eigenvalue weighted by atomic mass is 9.65. The molecule has 0 radical (unpaired) electrons. The van der Waals surface area contributed by atoms with Gasteiger partial charge < -0.3 is 14.7 Å². The van der Waals surface area contributed by atoms with Crippen molar-refractivity contribution >= 4 is 70.2 Å². The minimum atomic E-state index is -4.45. The molecule has 7 saturated carbocycles. The summed E-state index contributed by atoms with van der Waals surface area (Å²) < 4.78 is 69.8. The third kappa shape index (κ3) is 14.2. The molecule has 10 aliphatic rings. The van der Waals surface area contributed by atoms with Gasteiger partial charge in [-0.05, 0) is 194 Å². The van der Waals surface area contributed by atoms with Gasteiger partial charge >= 0.3 is 6.18 Å². The Balaban J connectivity index is 0.000000123. The first-order valence-electron chi connectivity index (χ1n) is 34.3. The van der Waals surface area contributed by atoms with E-state index in [2.05, 4.69) is 64.4 Å². The summed E-state index contributed by atoms with van der Waals surface area (Å²) in [6.45, 7) is 3.57. The lowest BCUT2D eigenvalue weighted by Gasteiger charge is -2.46. The van der Waals surface area contributed by atoms with Crippen molar-refractivity contribution in [1.82, 2.24) is 58.5 Å². The lowest BCUT2D eigenvalue weighted by molar-refractivity contribution is -0.163. The fourth-order valence-corrected chi connectivity index (χ4v) is 16.1. The van der Waals surface area contributed by atoms with Crippen molar-refractivity contribution in [2.45, 2.75) is 190 Å². The Morgan fingerprint density at radius 2 is 0.832 bits per heavy atom. The van der Waals surface area contributed by atoms with E-state index >= 15 is 0 Å². The average Bonchev–Trinajstić information content (AvgIpc) is 1.63. The average molecular weight is 1310 g/mol. The molecule has 22 nitrogen and oxygen atoms in total. The van der Waals surface area contributed by atoms with E-state index in [0.717, 1.165) is 183 Å². The van der Waals surface area contributed by atoms with Crippen LogP contribution in [0.3, 0.4) is 0 Å². The van der Waals surface area contributed by atoms with E-state index in [0.29, 0.717) is 67.4 Å². The number of anilines is 3. The molecule has 6 aromatic rings. The number of likely N-dealkylation sites (tertiary alicyclic amines) is 3. The number of nitriles is 1. The van der Waals surface area contributed by atoms with Crippen LogP contribution in [0, 0.1) is 51.2 Å². The fourth-order valence-electron chi connectivity index (χ4n) is 16.1. The van der Waals surface area contributed by atoms with Crippen molar-refractivity contribution in [1.29, 1.82) is 5.26 Å². The number of aromatic nitrogens is 9. The van der Waals surface area contributed by atoms with Crippen LogP contribution < -0.4 is 16.0 Å². The molecule has 3 saturated heterocycles. The number of halogens is 5. The summed E-state index contributed by atoms with van der Waals surface area (Å²) >= 11 is 0. The number of carbonyl (C=O) groups excluding carboxylic acids is 6. The van der Waals surface area contributed by atoms with Gasteiger partial charge in [-0.3, -0.25) is 44.7 Å². The highest BCUT2D eigenvalue weighted by Gasteiger charge is 2.63. The van der Waals surface area contributed by atoms with Gasteiger partial charge in [-0.1, -0.05) is 18.2 Å². The summed E-state index contributed by atoms with van der Waals surface area (Å²) in [6.07, 6.45) is 14.9. The Morgan fingerprint density at radius 1 is 0.484 bits per heavy atom. The van der Waals surface area contributed by atoms with Gasteiger partial charge in [-0.2, -0.15) is 33.4 Å². The molecule has 1 atom stereocenters. The molecular formula is C68H81F5N16O6. The standard InChI is InChI=1S/C23H28F3N5O2.C23H27F2N5O2.C22H26N6O2/c24-23(25,26)14-19(32)30-12-10-22(11-13-30)8-6-15(7-9-22)17-2-1-3-18-27-21(29-31(17)18)28-20(33)16-4-5-16;24-23(25)12-16(23)20(32)29-11-10-22(13-29)8-6-14(7-9-22)17-2-1-3-18-26-21(28-30(17)18)27-19(31)15-4-5-15;23-12-8-19(29)27-13-11-22(14-27)9-6-15(7-10-22)17-2-1-3-18-24-21(26-28(17)18)25-20(30)16-4-5-16/h1-3,15-16H,4-14H2,(H,28,29,33);1-3,14-16H,4-13H2,(H,27,28,31);1-3,15-16H,4-11,13-14H2,(H,25,26,30). The van der Waals surface area contributed by atoms with E-state index in [1.807, 2.05) is 60.9 Å². The maximum absolute atomic E-state index is 13.3. The van der Waals surface area contributed by atoms with E-state index in [9.17, 15) is 50.7 Å². The second-order valence-corrected chi connectivity index (χ2v) is 29.2. The number of amides is 6. The van der Waals surface area contributed by atoms with Crippen LogP contribution in [0.15, 0.2) is 54.6 Å². The SMILES string of the molecule is N#CCC(=O)N1CCC2(CCC(c3cccc4nc(NC(=O)C5CC5)nn34)CC2)C1.O=C(Nc1nc2cccc(C3CCC4(CC3)CCN(C(=O)C3CC3(F)F)C4)n2n1)C1CC1.O=C(Nc1nc2cccc(C3CCC4(CC3)CCN(C(=O)CC(F)(F)F)CC4)n2n1)C1CC1. The minimum absolute atomic E-state index is 0.00800. The molecule has 3 spiro atoms. The first-order chi connectivity index (χ1) is 45.6. The van der Waals surface area contributed by atoms with E-state index < -0.39 is 30.3 Å². The highest BCUT2D eigenvalue weighted by Crippen LogP contribution is 2.54. The van der Waals surface area contributed by atoms with E-state index in [1.54, 1.807) is 4.90 Å². The highest BCUT2D eigenvalue weighted by atomic mass is 19.4. The number of rotatable bonds is 12.